The Labute approximate surface area is 148 Å². The van der Waals surface area contributed by atoms with Gasteiger partial charge in [-0.1, -0.05) is 18.5 Å². The van der Waals surface area contributed by atoms with Crippen molar-refractivity contribution in [2.24, 2.45) is 0 Å². The van der Waals surface area contributed by atoms with Gasteiger partial charge in [-0.05, 0) is 25.5 Å². The van der Waals surface area contributed by atoms with Gasteiger partial charge in [0.15, 0.2) is 0 Å². The first-order valence-electron chi connectivity index (χ1n) is 7.36. The van der Waals surface area contributed by atoms with Crippen LogP contribution in [0.3, 0.4) is 0 Å². The van der Waals surface area contributed by atoms with Crippen LogP contribution in [0.2, 0.25) is 4.34 Å². The minimum atomic E-state index is -0.580. The van der Waals surface area contributed by atoms with Gasteiger partial charge in [-0.15, -0.1) is 11.3 Å². The van der Waals surface area contributed by atoms with Crippen molar-refractivity contribution in [3.05, 3.63) is 32.6 Å². The van der Waals surface area contributed by atoms with E-state index in [-0.39, 0.29) is 24.5 Å². The number of rotatable bonds is 6. The fourth-order valence-corrected chi connectivity index (χ4v) is 3.15. The molecule has 0 radical (unpaired) electrons. The van der Waals surface area contributed by atoms with E-state index in [9.17, 15) is 14.4 Å². The smallest absolute Gasteiger partial charge is 0.348 e. The third-order valence-corrected chi connectivity index (χ3v) is 4.48. The van der Waals surface area contributed by atoms with Crippen LogP contribution < -0.4 is 10.6 Å². The lowest BCUT2D eigenvalue weighted by Gasteiger charge is -2.28. The van der Waals surface area contributed by atoms with E-state index < -0.39 is 24.0 Å². The van der Waals surface area contributed by atoms with Crippen LogP contribution in [0, 0.1) is 0 Å². The summed E-state index contributed by atoms with van der Waals surface area (Å²) >= 11 is 6.87. The molecular formula is C15H17ClN2O5S. The molecule has 24 heavy (non-hydrogen) atoms. The van der Waals surface area contributed by atoms with Crippen molar-refractivity contribution in [1.82, 2.24) is 10.6 Å². The summed E-state index contributed by atoms with van der Waals surface area (Å²) in [6.45, 7) is 3.47. The lowest BCUT2D eigenvalue weighted by Crippen LogP contribution is -2.51. The summed E-state index contributed by atoms with van der Waals surface area (Å²) < 4.78 is 10.7. The number of carbonyl (C=O) groups excluding carboxylic acids is 3. The van der Waals surface area contributed by atoms with E-state index in [0.717, 1.165) is 11.3 Å². The van der Waals surface area contributed by atoms with Gasteiger partial charge < -0.3 is 20.1 Å². The number of urea groups is 1. The molecule has 2 amide bonds. The number of hydrogen-bond donors (Lipinski definition) is 2. The highest BCUT2D eigenvalue weighted by Gasteiger charge is 2.32. The largest absolute Gasteiger partial charge is 0.463 e. The summed E-state index contributed by atoms with van der Waals surface area (Å²) in [6.07, 6.45) is 0.500. The zero-order valence-electron chi connectivity index (χ0n) is 13.2. The van der Waals surface area contributed by atoms with Gasteiger partial charge in [0.05, 0.1) is 28.3 Å². The number of carbonyl (C=O) groups is 3. The van der Waals surface area contributed by atoms with Crippen LogP contribution in [0.5, 0.6) is 0 Å². The maximum absolute atomic E-state index is 12.2. The first-order chi connectivity index (χ1) is 11.5. The van der Waals surface area contributed by atoms with E-state index in [1.54, 1.807) is 19.1 Å². The summed E-state index contributed by atoms with van der Waals surface area (Å²) in [6, 6.07) is 2.18. The van der Waals surface area contributed by atoms with Crippen molar-refractivity contribution in [2.75, 3.05) is 13.2 Å². The number of amides is 2. The topological polar surface area (TPSA) is 93.7 Å². The minimum absolute atomic E-state index is 0.202. The highest BCUT2D eigenvalue weighted by Crippen LogP contribution is 2.23. The zero-order chi connectivity index (χ0) is 17.7. The molecule has 2 rings (SSSR count). The molecule has 0 spiro atoms. The molecule has 0 saturated heterocycles. The Hall–Kier alpha value is -2.06. The molecule has 9 heteroatoms. The average Bonchev–Trinajstić information content (AvgIpc) is 2.98. The summed E-state index contributed by atoms with van der Waals surface area (Å²) in [5.74, 6) is -1.13. The molecule has 0 bridgehead atoms. The van der Waals surface area contributed by atoms with Crippen molar-refractivity contribution in [2.45, 2.75) is 26.3 Å². The third kappa shape index (κ3) is 4.27. The van der Waals surface area contributed by atoms with Crippen molar-refractivity contribution in [3.63, 3.8) is 0 Å². The van der Waals surface area contributed by atoms with E-state index in [0.29, 0.717) is 15.6 Å². The molecule has 1 aliphatic heterocycles. The van der Waals surface area contributed by atoms with Gasteiger partial charge in [-0.25, -0.2) is 14.4 Å². The van der Waals surface area contributed by atoms with Crippen molar-refractivity contribution in [1.29, 1.82) is 0 Å². The Kier molecular flexibility index (Phi) is 6.22. The molecule has 2 heterocycles. The van der Waals surface area contributed by atoms with Gasteiger partial charge in [0.25, 0.3) is 0 Å². The van der Waals surface area contributed by atoms with Gasteiger partial charge in [0.1, 0.15) is 11.5 Å². The molecule has 0 aliphatic carbocycles. The Morgan fingerprint density at radius 1 is 1.25 bits per heavy atom. The van der Waals surface area contributed by atoms with E-state index in [1.807, 2.05) is 6.92 Å². The monoisotopic (exact) mass is 372 g/mol. The number of nitrogens with one attached hydrogen (secondary N) is 2. The van der Waals surface area contributed by atoms with Crippen LogP contribution in [0.25, 0.3) is 0 Å². The van der Waals surface area contributed by atoms with E-state index in [4.69, 9.17) is 21.1 Å². The van der Waals surface area contributed by atoms with Gasteiger partial charge in [-0.2, -0.15) is 0 Å². The number of hydrogen-bond acceptors (Lipinski definition) is 6. The Balaban J connectivity index is 2.19. The van der Waals surface area contributed by atoms with Crippen molar-refractivity contribution < 1.29 is 23.9 Å². The van der Waals surface area contributed by atoms with Crippen molar-refractivity contribution >= 4 is 40.9 Å². The van der Waals surface area contributed by atoms with Gasteiger partial charge in [-0.3, -0.25) is 0 Å². The summed E-state index contributed by atoms with van der Waals surface area (Å²) in [7, 11) is 0. The van der Waals surface area contributed by atoms with E-state index in [1.165, 1.54) is 0 Å². The molecule has 1 aliphatic rings. The minimum Gasteiger partial charge on any atom is -0.463 e. The second-order valence-corrected chi connectivity index (χ2v) is 6.57. The molecule has 0 saturated carbocycles. The van der Waals surface area contributed by atoms with E-state index in [2.05, 4.69) is 10.6 Å². The fourth-order valence-electron chi connectivity index (χ4n) is 2.21. The number of halogens is 1. The van der Waals surface area contributed by atoms with Gasteiger partial charge >= 0.3 is 18.0 Å². The first kappa shape index (κ1) is 18.3. The van der Waals surface area contributed by atoms with Crippen LogP contribution in [0.1, 0.15) is 29.9 Å². The predicted molar refractivity (Wildman–Crippen MR) is 89.0 cm³/mol. The molecule has 7 nitrogen and oxygen atoms in total. The number of esters is 2. The lowest BCUT2D eigenvalue weighted by molar-refractivity contribution is -0.139. The average molecular weight is 373 g/mol. The highest BCUT2D eigenvalue weighted by atomic mass is 35.5. The summed E-state index contributed by atoms with van der Waals surface area (Å²) in [5.41, 5.74) is 0.482. The molecule has 0 fully saturated rings. The van der Waals surface area contributed by atoms with Crippen molar-refractivity contribution in [3.8, 4) is 0 Å². The molecular weight excluding hydrogens is 356 g/mol. The lowest BCUT2D eigenvalue weighted by atomic mass is 10.0. The highest BCUT2D eigenvalue weighted by molar-refractivity contribution is 7.17. The first-order valence-corrected chi connectivity index (χ1v) is 8.55. The van der Waals surface area contributed by atoms with Crippen LogP contribution in [0.15, 0.2) is 23.4 Å². The van der Waals surface area contributed by atoms with Crippen LogP contribution in [-0.2, 0) is 14.3 Å². The van der Waals surface area contributed by atoms with Gasteiger partial charge in [0, 0.05) is 0 Å². The molecule has 130 valence electrons. The summed E-state index contributed by atoms with van der Waals surface area (Å²) in [4.78, 5) is 36.2. The predicted octanol–water partition coefficient (Wildman–Crippen LogP) is 2.47. The molecule has 2 N–H and O–H groups in total. The Morgan fingerprint density at radius 2 is 2.00 bits per heavy atom. The maximum Gasteiger partial charge on any atom is 0.348 e. The van der Waals surface area contributed by atoms with E-state index >= 15 is 0 Å². The SMILES string of the molecule is CCOC(=O)C1=C(COC(=O)c2ccc(Cl)s2)NC(=O)N[C@H]1CC. The second kappa shape index (κ2) is 8.16. The second-order valence-electron chi connectivity index (χ2n) is 4.85. The fraction of sp³-hybridized carbons (Fsp3) is 0.400. The molecule has 1 atom stereocenters. The standard InChI is InChI=1S/C15H17ClN2O5S/c1-3-8-12(14(20)22-4-2)9(18-15(21)17-8)7-23-13(19)10-5-6-11(16)24-10/h5-6,8H,3-4,7H2,1-2H3,(H2,17,18,21)/t8-/m0/s1. The molecule has 0 aromatic carbocycles. The van der Waals surface area contributed by atoms with Crippen LogP contribution in [-0.4, -0.2) is 37.2 Å². The number of thiophene rings is 1. The molecule has 1 aromatic rings. The number of ether oxygens (including phenoxy) is 2. The van der Waals surface area contributed by atoms with Crippen LogP contribution in [0.4, 0.5) is 4.79 Å². The molecule has 0 unspecified atom stereocenters. The molecule has 1 aromatic heterocycles. The third-order valence-electron chi connectivity index (χ3n) is 3.27. The Morgan fingerprint density at radius 3 is 2.58 bits per heavy atom. The summed E-state index contributed by atoms with van der Waals surface area (Å²) in [5, 5.41) is 5.15. The van der Waals surface area contributed by atoms with Crippen LogP contribution >= 0.6 is 22.9 Å². The van der Waals surface area contributed by atoms with Gasteiger partial charge in [0.2, 0.25) is 0 Å². The Bertz CT molecular complexity index is 685. The normalized spacial score (nSPS) is 17.1. The maximum atomic E-state index is 12.2. The zero-order valence-corrected chi connectivity index (χ0v) is 14.8. The quantitative estimate of drug-likeness (QED) is 0.748.